The Morgan fingerprint density at radius 3 is 2.73 bits per heavy atom. The Bertz CT molecular complexity index is 1210. The van der Waals surface area contributed by atoms with E-state index in [1.54, 1.807) is 60.2 Å². The molecule has 2 heterocycles. The minimum atomic E-state index is -0.366. The van der Waals surface area contributed by atoms with E-state index in [4.69, 9.17) is 0 Å². The Labute approximate surface area is 147 Å². The van der Waals surface area contributed by atoms with Crippen molar-refractivity contribution >= 4 is 22.5 Å². The summed E-state index contributed by atoms with van der Waals surface area (Å²) in [4.78, 5) is 24.8. The van der Waals surface area contributed by atoms with Crippen LogP contribution in [0.15, 0.2) is 59.5 Å². The SMILES string of the molecule is Cn1c(=O)c2ccnn2c2ccc(C(=O)NCc3ccccc3F)cc21. The van der Waals surface area contributed by atoms with Crippen molar-refractivity contribution in [2.24, 2.45) is 7.05 Å². The van der Waals surface area contributed by atoms with Crippen LogP contribution in [-0.2, 0) is 13.6 Å². The predicted octanol–water partition coefficient (Wildman–Crippen LogP) is 2.26. The van der Waals surface area contributed by atoms with Crippen LogP contribution in [0.25, 0.3) is 16.6 Å². The maximum Gasteiger partial charge on any atom is 0.276 e. The molecule has 2 aromatic carbocycles. The van der Waals surface area contributed by atoms with Gasteiger partial charge in [-0.05, 0) is 30.3 Å². The summed E-state index contributed by atoms with van der Waals surface area (Å²) in [6.45, 7) is 0.0840. The van der Waals surface area contributed by atoms with Crippen molar-refractivity contribution in [3.63, 3.8) is 0 Å². The van der Waals surface area contributed by atoms with Crippen molar-refractivity contribution in [2.45, 2.75) is 6.54 Å². The first-order valence-corrected chi connectivity index (χ1v) is 8.04. The Morgan fingerprint density at radius 1 is 1.12 bits per heavy atom. The van der Waals surface area contributed by atoms with Gasteiger partial charge in [0.15, 0.2) is 0 Å². The molecule has 0 spiro atoms. The van der Waals surface area contributed by atoms with E-state index in [0.717, 1.165) is 5.52 Å². The zero-order valence-electron chi connectivity index (χ0n) is 13.9. The molecule has 0 aliphatic rings. The highest BCUT2D eigenvalue weighted by atomic mass is 19.1. The second-order valence-electron chi connectivity index (χ2n) is 5.97. The van der Waals surface area contributed by atoms with Crippen LogP contribution in [0.4, 0.5) is 4.39 Å². The summed E-state index contributed by atoms with van der Waals surface area (Å²) in [6, 6.07) is 13.0. The fourth-order valence-corrected chi connectivity index (χ4v) is 2.97. The Balaban J connectivity index is 1.70. The van der Waals surface area contributed by atoms with E-state index in [9.17, 15) is 14.0 Å². The van der Waals surface area contributed by atoms with Gasteiger partial charge in [0.25, 0.3) is 11.5 Å². The molecule has 0 saturated carbocycles. The van der Waals surface area contributed by atoms with E-state index in [0.29, 0.717) is 22.2 Å². The number of benzene rings is 2. The molecule has 0 atom stereocenters. The van der Waals surface area contributed by atoms with E-state index in [1.165, 1.54) is 10.6 Å². The number of nitrogens with zero attached hydrogens (tertiary/aromatic N) is 3. The number of halogens is 1. The molecule has 4 rings (SSSR count). The van der Waals surface area contributed by atoms with Gasteiger partial charge in [0.2, 0.25) is 0 Å². The van der Waals surface area contributed by atoms with Crippen LogP contribution in [0, 0.1) is 5.82 Å². The van der Waals surface area contributed by atoms with Crippen molar-refractivity contribution in [2.75, 3.05) is 0 Å². The molecule has 130 valence electrons. The number of hydrogen-bond acceptors (Lipinski definition) is 3. The van der Waals surface area contributed by atoms with Crippen molar-refractivity contribution < 1.29 is 9.18 Å². The van der Waals surface area contributed by atoms with E-state index >= 15 is 0 Å². The third-order valence-electron chi connectivity index (χ3n) is 4.39. The average Bonchev–Trinajstić information content (AvgIpc) is 3.15. The molecule has 2 aromatic heterocycles. The molecule has 0 bridgehead atoms. The van der Waals surface area contributed by atoms with Crippen molar-refractivity contribution in [1.82, 2.24) is 19.5 Å². The average molecular weight is 350 g/mol. The van der Waals surface area contributed by atoms with Gasteiger partial charge in [0, 0.05) is 24.7 Å². The summed E-state index contributed by atoms with van der Waals surface area (Å²) in [6.07, 6.45) is 1.56. The first-order valence-electron chi connectivity index (χ1n) is 8.04. The number of fused-ring (bicyclic) bond motifs is 3. The Hall–Kier alpha value is -3.48. The summed E-state index contributed by atoms with van der Waals surface area (Å²) in [5.74, 6) is -0.710. The summed E-state index contributed by atoms with van der Waals surface area (Å²) >= 11 is 0. The molecule has 26 heavy (non-hydrogen) atoms. The number of nitrogens with one attached hydrogen (secondary N) is 1. The van der Waals surface area contributed by atoms with Gasteiger partial charge in [0.1, 0.15) is 11.3 Å². The maximum absolute atomic E-state index is 13.7. The van der Waals surface area contributed by atoms with Gasteiger partial charge in [-0.2, -0.15) is 5.10 Å². The van der Waals surface area contributed by atoms with E-state index in [2.05, 4.69) is 10.4 Å². The zero-order valence-corrected chi connectivity index (χ0v) is 13.9. The molecular formula is C19H15FN4O2. The van der Waals surface area contributed by atoms with Crippen molar-refractivity contribution in [3.05, 3.63) is 82.0 Å². The number of carbonyl (C=O) groups excluding carboxylic acids is 1. The second kappa shape index (κ2) is 6.11. The van der Waals surface area contributed by atoms with E-state index in [-0.39, 0.29) is 23.8 Å². The normalized spacial score (nSPS) is 11.2. The van der Waals surface area contributed by atoms with Crippen LogP contribution in [0.5, 0.6) is 0 Å². The molecule has 4 aromatic rings. The lowest BCUT2D eigenvalue weighted by molar-refractivity contribution is 0.0950. The molecule has 7 heteroatoms. The molecule has 0 saturated heterocycles. The Kier molecular flexibility index (Phi) is 3.76. The lowest BCUT2D eigenvalue weighted by Gasteiger charge is -2.10. The largest absolute Gasteiger partial charge is 0.348 e. The molecule has 1 amide bonds. The van der Waals surface area contributed by atoms with Gasteiger partial charge in [-0.15, -0.1) is 0 Å². The number of aromatic nitrogens is 3. The van der Waals surface area contributed by atoms with Gasteiger partial charge in [-0.25, -0.2) is 8.91 Å². The summed E-state index contributed by atoms with van der Waals surface area (Å²) < 4.78 is 16.7. The van der Waals surface area contributed by atoms with Crippen LogP contribution in [0.3, 0.4) is 0 Å². The minimum absolute atomic E-state index is 0.0840. The third kappa shape index (κ3) is 2.54. The number of aryl methyl sites for hydroxylation is 1. The van der Waals surface area contributed by atoms with Gasteiger partial charge >= 0.3 is 0 Å². The lowest BCUT2D eigenvalue weighted by Crippen LogP contribution is -2.24. The summed E-state index contributed by atoms with van der Waals surface area (Å²) in [5.41, 5.74) is 2.38. The highest BCUT2D eigenvalue weighted by molar-refractivity contribution is 5.97. The highest BCUT2D eigenvalue weighted by Gasteiger charge is 2.13. The first-order chi connectivity index (χ1) is 12.6. The predicted molar refractivity (Wildman–Crippen MR) is 95.5 cm³/mol. The molecule has 0 fully saturated rings. The van der Waals surface area contributed by atoms with Gasteiger partial charge < -0.3 is 9.88 Å². The molecular weight excluding hydrogens is 335 g/mol. The van der Waals surface area contributed by atoms with Gasteiger partial charge in [-0.1, -0.05) is 18.2 Å². The van der Waals surface area contributed by atoms with Gasteiger partial charge in [-0.3, -0.25) is 9.59 Å². The minimum Gasteiger partial charge on any atom is -0.348 e. The smallest absolute Gasteiger partial charge is 0.276 e. The number of carbonyl (C=O) groups is 1. The molecule has 0 radical (unpaired) electrons. The first kappa shape index (κ1) is 16.0. The topological polar surface area (TPSA) is 68.4 Å². The highest BCUT2D eigenvalue weighted by Crippen LogP contribution is 2.16. The second-order valence-corrected chi connectivity index (χ2v) is 5.97. The number of rotatable bonds is 3. The molecule has 0 aliphatic heterocycles. The molecule has 6 nitrogen and oxygen atoms in total. The number of amides is 1. The fraction of sp³-hybridized carbons (Fsp3) is 0.105. The van der Waals surface area contributed by atoms with E-state index < -0.39 is 0 Å². The number of hydrogen-bond donors (Lipinski definition) is 1. The lowest BCUT2D eigenvalue weighted by atomic mass is 10.1. The maximum atomic E-state index is 13.7. The van der Waals surface area contributed by atoms with Crippen LogP contribution in [-0.4, -0.2) is 20.1 Å². The van der Waals surface area contributed by atoms with Crippen molar-refractivity contribution in [1.29, 1.82) is 0 Å². The van der Waals surface area contributed by atoms with Crippen LogP contribution in [0.1, 0.15) is 15.9 Å². The van der Waals surface area contributed by atoms with Crippen LogP contribution in [0.2, 0.25) is 0 Å². The fourth-order valence-electron chi connectivity index (χ4n) is 2.97. The summed E-state index contributed by atoms with van der Waals surface area (Å²) in [7, 11) is 1.65. The monoisotopic (exact) mass is 350 g/mol. The molecule has 0 aliphatic carbocycles. The van der Waals surface area contributed by atoms with Crippen molar-refractivity contribution in [3.8, 4) is 0 Å². The quantitative estimate of drug-likeness (QED) is 0.616. The molecule has 0 unspecified atom stereocenters. The standard InChI is InChI=1S/C19H15FN4O2/c1-23-17-10-12(18(25)21-11-13-4-2-3-5-14(13)20)6-7-15(17)24-16(19(23)26)8-9-22-24/h2-10H,11H2,1H3,(H,21,25). The van der Waals surface area contributed by atoms with Crippen LogP contribution < -0.4 is 10.9 Å². The van der Waals surface area contributed by atoms with Gasteiger partial charge in [0.05, 0.1) is 17.2 Å². The van der Waals surface area contributed by atoms with E-state index in [1.807, 2.05) is 0 Å². The summed E-state index contributed by atoms with van der Waals surface area (Å²) in [5, 5.41) is 6.87. The van der Waals surface area contributed by atoms with Crippen LogP contribution >= 0.6 is 0 Å². The molecule has 1 N–H and O–H groups in total. The third-order valence-corrected chi connectivity index (χ3v) is 4.39. The Morgan fingerprint density at radius 2 is 1.92 bits per heavy atom. The zero-order chi connectivity index (χ0) is 18.3.